The number of hydrogen-bond acceptors (Lipinski definition) is 2. The number of benzene rings is 1. The minimum atomic E-state index is -0.648. The summed E-state index contributed by atoms with van der Waals surface area (Å²) in [5.74, 6) is -1.36. The molecule has 4 heteroatoms. The third-order valence-corrected chi connectivity index (χ3v) is 2.62. The minimum Gasteiger partial charge on any atom is -0.369 e. The quantitative estimate of drug-likeness (QED) is 0.714. The maximum absolute atomic E-state index is 11.8. The van der Waals surface area contributed by atoms with Crippen molar-refractivity contribution in [3.63, 3.8) is 0 Å². The van der Waals surface area contributed by atoms with Gasteiger partial charge in [0.1, 0.15) is 5.92 Å². The molecule has 4 nitrogen and oxygen atoms in total. The van der Waals surface area contributed by atoms with E-state index in [9.17, 15) is 9.59 Å². The largest absolute Gasteiger partial charge is 0.369 e. The van der Waals surface area contributed by atoms with Gasteiger partial charge in [0.2, 0.25) is 11.8 Å². The van der Waals surface area contributed by atoms with Crippen LogP contribution in [-0.4, -0.2) is 18.4 Å². The van der Waals surface area contributed by atoms with Crippen LogP contribution in [-0.2, 0) is 9.59 Å². The number of amides is 2. The van der Waals surface area contributed by atoms with Crippen molar-refractivity contribution in [2.75, 3.05) is 11.4 Å². The standard InChI is InChI=1S/C11H12N2O2/c12-10(14)9-6-7-13(11(9)15)8-4-2-1-3-5-8/h1-5,9H,6-7H2,(H2,12,14)/t9-/m0/s1. The van der Waals surface area contributed by atoms with Crippen molar-refractivity contribution in [1.29, 1.82) is 0 Å². The van der Waals surface area contributed by atoms with Crippen LogP contribution >= 0.6 is 0 Å². The van der Waals surface area contributed by atoms with Gasteiger partial charge in [-0.25, -0.2) is 0 Å². The highest BCUT2D eigenvalue weighted by Crippen LogP contribution is 2.24. The van der Waals surface area contributed by atoms with Crippen LogP contribution in [0, 0.1) is 5.92 Å². The average Bonchev–Trinajstić information content (AvgIpc) is 2.61. The molecule has 0 unspecified atom stereocenters. The van der Waals surface area contributed by atoms with Gasteiger partial charge in [-0.2, -0.15) is 0 Å². The predicted molar refractivity (Wildman–Crippen MR) is 56.1 cm³/mol. The van der Waals surface area contributed by atoms with Gasteiger partial charge in [-0.05, 0) is 18.6 Å². The van der Waals surface area contributed by atoms with Gasteiger partial charge in [-0.1, -0.05) is 18.2 Å². The third-order valence-electron chi connectivity index (χ3n) is 2.62. The smallest absolute Gasteiger partial charge is 0.239 e. The van der Waals surface area contributed by atoms with Crippen molar-refractivity contribution >= 4 is 17.5 Å². The number of primary amides is 1. The lowest BCUT2D eigenvalue weighted by Gasteiger charge is -2.15. The molecule has 1 aliphatic rings. The molecule has 0 radical (unpaired) electrons. The van der Waals surface area contributed by atoms with E-state index in [0.29, 0.717) is 13.0 Å². The first-order chi connectivity index (χ1) is 7.20. The van der Waals surface area contributed by atoms with Crippen LogP contribution in [0.15, 0.2) is 30.3 Å². The summed E-state index contributed by atoms with van der Waals surface area (Å²) in [7, 11) is 0. The summed E-state index contributed by atoms with van der Waals surface area (Å²) in [4.78, 5) is 24.3. The Bertz CT molecular complexity index is 389. The molecule has 1 aliphatic heterocycles. The van der Waals surface area contributed by atoms with Crippen molar-refractivity contribution in [1.82, 2.24) is 0 Å². The molecule has 2 N–H and O–H groups in total. The van der Waals surface area contributed by atoms with Crippen LogP contribution in [0.25, 0.3) is 0 Å². The summed E-state index contributed by atoms with van der Waals surface area (Å²) in [6.07, 6.45) is 0.517. The van der Waals surface area contributed by atoms with E-state index in [1.807, 2.05) is 30.3 Å². The van der Waals surface area contributed by atoms with Gasteiger partial charge in [0.05, 0.1) is 0 Å². The summed E-state index contributed by atoms with van der Waals surface area (Å²) < 4.78 is 0. The summed E-state index contributed by atoms with van der Waals surface area (Å²) >= 11 is 0. The van der Waals surface area contributed by atoms with Gasteiger partial charge >= 0.3 is 0 Å². The molecule has 78 valence electrons. The van der Waals surface area contributed by atoms with Crippen molar-refractivity contribution in [3.8, 4) is 0 Å². The number of nitrogens with two attached hydrogens (primary N) is 1. The molecule has 0 bridgehead atoms. The van der Waals surface area contributed by atoms with Crippen molar-refractivity contribution in [2.45, 2.75) is 6.42 Å². The molecule has 1 atom stereocenters. The second kappa shape index (κ2) is 3.73. The van der Waals surface area contributed by atoms with Gasteiger partial charge in [-0.15, -0.1) is 0 Å². The number of rotatable bonds is 2. The Morgan fingerprint density at radius 3 is 2.53 bits per heavy atom. The molecule has 2 amide bonds. The molecular weight excluding hydrogens is 192 g/mol. The highest BCUT2D eigenvalue weighted by Gasteiger charge is 2.36. The number of carbonyl (C=O) groups excluding carboxylic acids is 2. The fourth-order valence-electron chi connectivity index (χ4n) is 1.81. The van der Waals surface area contributed by atoms with Crippen molar-refractivity contribution < 1.29 is 9.59 Å². The first-order valence-corrected chi connectivity index (χ1v) is 4.86. The molecule has 0 spiro atoms. The van der Waals surface area contributed by atoms with E-state index in [1.165, 1.54) is 0 Å². The number of carbonyl (C=O) groups is 2. The normalized spacial score (nSPS) is 20.7. The molecule has 15 heavy (non-hydrogen) atoms. The van der Waals surface area contributed by atoms with E-state index in [0.717, 1.165) is 5.69 Å². The second-order valence-corrected chi connectivity index (χ2v) is 3.57. The van der Waals surface area contributed by atoms with Crippen LogP contribution in [0.3, 0.4) is 0 Å². The van der Waals surface area contributed by atoms with Crippen LogP contribution in [0.4, 0.5) is 5.69 Å². The Balaban J connectivity index is 2.21. The fourth-order valence-corrected chi connectivity index (χ4v) is 1.81. The first-order valence-electron chi connectivity index (χ1n) is 4.86. The highest BCUT2D eigenvalue weighted by molar-refractivity contribution is 6.09. The average molecular weight is 204 g/mol. The minimum absolute atomic E-state index is 0.186. The van der Waals surface area contributed by atoms with Crippen LogP contribution in [0.2, 0.25) is 0 Å². The van der Waals surface area contributed by atoms with E-state index in [4.69, 9.17) is 5.73 Å². The molecule has 1 saturated heterocycles. The number of para-hydroxylation sites is 1. The highest BCUT2D eigenvalue weighted by atomic mass is 16.2. The van der Waals surface area contributed by atoms with E-state index in [1.54, 1.807) is 4.90 Å². The molecule has 0 aromatic heterocycles. The van der Waals surface area contributed by atoms with Gasteiger partial charge in [0.15, 0.2) is 0 Å². The van der Waals surface area contributed by atoms with E-state index in [-0.39, 0.29) is 5.91 Å². The molecule has 1 aromatic rings. The molecule has 1 fully saturated rings. The zero-order chi connectivity index (χ0) is 10.8. The Kier molecular flexibility index (Phi) is 2.41. The zero-order valence-electron chi connectivity index (χ0n) is 8.22. The lowest BCUT2D eigenvalue weighted by Crippen LogP contribution is -2.33. The van der Waals surface area contributed by atoms with Crippen LogP contribution in [0.5, 0.6) is 0 Å². The SMILES string of the molecule is NC(=O)[C@@H]1CCN(c2ccccc2)C1=O. The van der Waals surface area contributed by atoms with Crippen LogP contribution < -0.4 is 10.6 Å². The number of nitrogens with zero attached hydrogens (tertiary/aromatic N) is 1. The van der Waals surface area contributed by atoms with E-state index < -0.39 is 11.8 Å². The topological polar surface area (TPSA) is 63.4 Å². The fraction of sp³-hybridized carbons (Fsp3) is 0.273. The van der Waals surface area contributed by atoms with Gasteiger partial charge in [-0.3, -0.25) is 9.59 Å². The Hall–Kier alpha value is -1.84. The van der Waals surface area contributed by atoms with E-state index >= 15 is 0 Å². The first kappa shape index (κ1) is 9.71. The van der Waals surface area contributed by atoms with Crippen LogP contribution in [0.1, 0.15) is 6.42 Å². The monoisotopic (exact) mass is 204 g/mol. The molecule has 2 rings (SSSR count). The van der Waals surface area contributed by atoms with Crippen molar-refractivity contribution in [3.05, 3.63) is 30.3 Å². The van der Waals surface area contributed by atoms with Gasteiger partial charge in [0, 0.05) is 12.2 Å². The number of hydrogen-bond donors (Lipinski definition) is 1. The Morgan fingerprint density at radius 1 is 1.33 bits per heavy atom. The van der Waals surface area contributed by atoms with Crippen molar-refractivity contribution in [2.24, 2.45) is 11.7 Å². The lowest BCUT2D eigenvalue weighted by atomic mass is 10.1. The predicted octanol–water partition coefficient (Wildman–Crippen LogP) is 0.525. The summed E-state index contributed by atoms with van der Waals surface area (Å²) in [5, 5.41) is 0. The molecule has 0 saturated carbocycles. The van der Waals surface area contributed by atoms with E-state index in [2.05, 4.69) is 0 Å². The maximum Gasteiger partial charge on any atom is 0.239 e. The summed E-state index contributed by atoms with van der Waals surface area (Å²) in [6.45, 7) is 0.566. The zero-order valence-corrected chi connectivity index (χ0v) is 8.22. The molecule has 1 aromatic carbocycles. The molecule has 0 aliphatic carbocycles. The summed E-state index contributed by atoms with van der Waals surface area (Å²) in [6, 6.07) is 9.30. The molecular formula is C11H12N2O2. The third kappa shape index (κ3) is 1.70. The Morgan fingerprint density at radius 2 is 2.00 bits per heavy atom. The lowest BCUT2D eigenvalue weighted by molar-refractivity contribution is -0.130. The number of anilines is 1. The molecule has 1 heterocycles. The Labute approximate surface area is 87.7 Å². The van der Waals surface area contributed by atoms with Gasteiger partial charge in [0.25, 0.3) is 0 Å². The maximum atomic E-state index is 11.8. The second-order valence-electron chi connectivity index (χ2n) is 3.57. The summed E-state index contributed by atoms with van der Waals surface area (Å²) in [5.41, 5.74) is 5.97. The van der Waals surface area contributed by atoms with Gasteiger partial charge < -0.3 is 10.6 Å².